The third-order valence-electron chi connectivity index (χ3n) is 4.99. The van der Waals surface area contributed by atoms with E-state index in [1.807, 2.05) is 6.07 Å². The maximum absolute atomic E-state index is 6.20. The molecule has 0 fully saturated rings. The standard InChI is InChI=1S/C25H31NO/c1-2-3-4-5-11-18-26-19-24-23-15-10-9-14-22(23)16-17-25(24)27-20-21-12-7-6-8-13-21/h6-10,12-17,26H,2-5,11,18-20H2,1H3. The van der Waals surface area contributed by atoms with Crippen LogP contribution in [0.25, 0.3) is 10.8 Å². The summed E-state index contributed by atoms with van der Waals surface area (Å²) in [6, 6.07) is 23.2. The predicted octanol–water partition coefficient (Wildman–Crippen LogP) is 6.48. The molecule has 2 nitrogen and oxygen atoms in total. The Morgan fingerprint density at radius 2 is 1.56 bits per heavy atom. The van der Waals surface area contributed by atoms with Crippen molar-refractivity contribution in [1.82, 2.24) is 5.32 Å². The molecule has 0 saturated carbocycles. The van der Waals surface area contributed by atoms with Gasteiger partial charge in [-0.2, -0.15) is 0 Å². The molecule has 0 aromatic heterocycles. The van der Waals surface area contributed by atoms with E-state index in [9.17, 15) is 0 Å². The van der Waals surface area contributed by atoms with Crippen molar-refractivity contribution in [3.8, 4) is 5.75 Å². The van der Waals surface area contributed by atoms with Crippen molar-refractivity contribution in [3.05, 3.63) is 77.9 Å². The van der Waals surface area contributed by atoms with Gasteiger partial charge in [-0.25, -0.2) is 0 Å². The van der Waals surface area contributed by atoms with Gasteiger partial charge in [0.1, 0.15) is 12.4 Å². The molecule has 2 heteroatoms. The first-order valence-corrected chi connectivity index (χ1v) is 10.3. The number of benzene rings is 3. The van der Waals surface area contributed by atoms with Crippen molar-refractivity contribution in [1.29, 1.82) is 0 Å². The number of rotatable bonds is 11. The van der Waals surface area contributed by atoms with Crippen LogP contribution in [-0.2, 0) is 13.2 Å². The van der Waals surface area contributed by atoms with E-state index >= 15 is 0 Å². The molecule has 0 unspecified atom stereocenters. The van der Waals surface area contributed by atoms with Gasteiger partial charge in [-0.3, -0.25) is 0 Å². The van der Waals surface area contributed by atoms with Crippen molar-refractivity contribution >= 4 is 10.8 Å². The van der Waals surface area contributed by atoms with Crippen LogP contribution in [0.4, 0.5) is 0 Å². The summed E-state index contributed by atoms with van der Waals surface area (Å²) in [6.45, 7) is 4.77. The number of unbranched alkanes of at least 4 members (excludes halogenated alkanes) is 4. The molecule has 0 amide bonds. The Morgan fingerprint density at radius 1 is 0.778 bits per heavy atom. The topological polar surface area (TPSA) is 21.3 Å². The van der Waals surface area contributed by atoms with Gasteiger partial charge in [0.15, 0.2) is 0 Å². The highest BCUT2D eigenvalue weighted by Gasteiger charge is 2.09. The fourth-order valence-electron chi connectivity index (χ4n) is 3.44. The van der Waals surface area contributed by atoms with Gasteiger partial charge in [0.05, 0.1) is 0 Å². The minimum Gasteiger partial charge on any atom is -0.489 e. The van der Waals surface area contributed by atoms with Crippen LogP contribution in [-0.4, -0.2) is 6.54 Å². The molecule has 3 aromatic carbocycles. The van der Waals surface area contributed by atoms with Crippen LogP contribution in [0.5, 0.6) is 5.75 Å². The Kier molecular flexibility index (Phi) is 7.73. The largest absolute Gasteiger partial charge is 0.489 e. The van der Waals surface area contributed by atoms with E-state index < -0.39 is 0 Å². The van der Waals surface area contributed by atoms with Crippen LogP contribution in [0, 0.1) is 0 Å². The van der Waals surface area contributed by atoms with Gasteiger partial charge in [0.2, 0.25) is 0 Å². The molecule has 1 N–H and O–H groups in total. The molecule has 0 saturated heterocycles. The van der Waals surface area contributed by atoms with E-state index in [4.69, 9.17) is 4.74 Å². The molecule has 3 aromatic rings. The Morgan fingerprint density at radius 3 is 2.41 bits per heavy atom. The molecule has 0 aliphatic rings. The highest BCUT2D eigenvalue weighted by atomic mass is 16.5. The summed E-state index contributed by atoms with van der Waals surface area (Å²) in [4.78, 5) is 0. The number of nitrogens with one attached hydrogen (secondary N) is 1. The zero-order valence-electron chi connectivity index (χ0n) is 16.4. The van der Waals surface area contributed by atoms with Gasteiger partial charge < -0.3 is 10.1 Å². The molecule has 142 valence electrons. The molecule has 0 heterocycles. The van der Waals surface area contributed by atoms with Crippen LogP contribution in [0.1, 0.15) is 50.2 Å². The lowest BCUT2D eigenvalue weighted by Crippen LogP contribution is -2.16. The zero-order valence-corrected chi connectivity index (χ0v) is 16.4. The van der Waals surface area contributed by atoms with Crippen LogP contribution in [0.2, 0.25) is 0 Å². The molecule has 0 atom stereocenters. The van der Waals surface area contributed by atoms with E-state index in [0.29, 0.717) is 6.61 Å². The minimum absolute atomic E-state index is 0.600. The SMILES string of the molecule is CCCCCCCNCc1c(OCc2ccccc2)ccc2ccccc12. The summed E-state index contributed by atoms with van der Waals surface area (Å²) in [6.07, 6.45) is 6.54. The normalized spacial score (nSPS) is 11.0. The molecular formula is C25H31NO. The average molecular weight is 362 g/mol. The third kappa shape index (κ3) is 5.83. The lowest BCUT2D eigenvalue weighted by Gasteiger charge is -2.15. The smallest absolute Gasteiger partial charge is 0.124 e. The molecule has 0 spiro atoms. The Bertz CT molecular complexity index is 813. The van der Waals surface area contributed by atoms with E-state index in [1.54, 1.807) is 0 Å². The summed E-state index contributed by atoms with van der Waals surface area (Å²) in [5.74, 6) is 0.982. The van der Waals surface area contributed by atoms with Crippen molar-refractivity contribution in [2.24, 2.45) is 0 Å². The first kappa shape index (κ1) is 19.4. The van der Waals surface area contributed by atoms with E-state index in [0.717, 1.165) is 18.8 Å². The number of ether oxygens (including phenoxy) is 1. The average Bonchev–Trinajstić information content (AvgIpc) is 2.73. The minimum atomic E-state index is 0.600. The van der Waals surface area contributed by atoms with E-state index in [-0.39, 0.29) is 0 Å². The van der Waals surface area contributed by atoms with Gasteiger partial charge in [0.25, 0.3) is 0 Å². The molecule has 0 bridgehead atoms. The van der Waals surface area contributed by atoms with Gasteiger partial charge >= 0.3 is 0 Å². The Hall–Kier alpha value is -2.32. The van der Waals surface area contributed by atoms with Crippen LogP contribution < -0.4 is 10.1 Å². The zero-order chi connectivity index (χ0) is 18.7. The van der Waals surface area contributed by atoms with Gasteiger partial charge in [-0.15, -0.1) is 0 Å². The third-order valence-corrected chi connectivity index (χ3v) is 4.99. The summed E-state index contributed by atoms with van der Waals surface area (Å²) >= 11 is 0. The lowest BCUT2D eigenvalue weighted by molar-refractivity contribution is 0.302. The number of hydrogen-bond acceptors (Lipinski definition) is 2. The quantitative estimate of drug-likeness (QED) is 0.395. The fourth-order valence-corrected chi connectivity index (χ4v) is 3.44. The second-order valence-electron chi connectivity index (χ2n) is 7.13. The van der Waals surface area contributed by atoms with Crippen molar-refractivity contribution in [2.75, 3.05) is 6.54 Å². The number of hydrogen-bond donors (Lipinski definition) is 1. The monoisotopic (exact) mass is 361 g/mol. The molecular weight excluding hydrogens is 330 g/mol. The second-order valence-corrected chi connectivity index (χ2v) is 7.13. The Balaban J connectivity index is 1.66. The maximum atomic E-state index is 6.20. The van der Waals surface area contributed by atoms with E-state index in [1.165, 1.54) is 54.0 Å². The summed E-state index contributed by atoms with van der Waals surface area (Å²) < 4.78 is 6.20. The van der Waals surface area contributed by atoms with Gasteiger partial charge in [-0.05, 0) is 35.4 Å². The summed E-state index contributed by atoms with van der Waals surface area (Å²) in [5.41, 5.74) is 2.46. The first-order valence-electron chi connectivity index (χ1n) is 10.3. The van der Waals surface area contributed by atoms with Crippen LogP contribution in [0.3, 0.4) is 0 Å². The van der Waals surface area contributed by atoms with Crippen LogP contribution in [0.15, 0.2) is 66.7 Å². The molecule has 27 heavy (non-hydrogen) atoms. The molecule has 0 radical (unpaired) electrons. The molecule has 0 aliphatic carbocycles. The fraction of sp³-hybridized carbons (Fsp3) is 0.360. The highest BCUT2D eigenvalue weighted by molar-refractivity contribution is 5.87. The van der Waals surface area contributed by atoms with Crippen LogP contribution >= 0.6 is 0 Å². The Labute approximate surface area is 163 Å². The van der Waals surface area contributed by atoms with Gasteiger partial charge in [0, 0.05) is 12.1 Å². The maximum Gasteiger partial charge on any atom is 0.124 e. The lowest BCUT2D eigenvalue weighted by atomic mass is 10.0. The van der Waals surface area contributed by atoms with Crippen molar-refractivity contribution in [3.63, 3.8) is 0 Å². The van der Waals surface area contributed by atoms with Crippen molar-refractivity contribution in [2.45, 2.75) is 52.2 Å². The van der Waals surface area contributed by atoms with Crippen molar-refractivity contribution < 1.29 is 4.74 Å². The summed E-state index contributed by atoms with van der Waals surface area (Å²) in [5, 5.41) is 6.18. The highest BCUT2D eigenvalue weighted by Crippen LogP contribution is 2.28. The van der Waals surface area contributed by atoms with E-state index in [2.05, 4.69) is 72.9 Å². The summed E-state index contributed by atoms with van der Waals surface area (Å²) in [7, 11) is 0. The number of fused-ring (bicyclic) bond motifs is 1. The first-order chi connectivity index (χ1) is 13.4. The molecule has 3 rings (SSSR count). The van der Waals surface area contributed by atoms with Gasteiger partial charge in [-0.1, -0.05) is 93.3 Å². The predicted molar refractivity (Wildman–Crippen MR) is 115 cm³/mol. The second kappa shape index (κ2) is 10.7. The molecule has 0 aliphatic heterocycles.